The normalized spacial score (nSPS) is 15.8. The van der Waals surface area contributed by atoms with Gasteiger partial charge in [0.15, 0.2) is 0 Å². The van der Waals surface area contributed by atoms with Crippen LogP contribution in [0, 0.1) is 5.92 Å². The van der Waals surface area contributed by atoms with Crippen molar-refractivity contribution in [1.82, 2.24) is 0 Å². The highest BCUT2D eigenvalue weighted by atomic mass is 19.4. The van der Waals surface area contributed by atoms with Crippen molar-refractivity contribution in [3.63, 3.8) is 0 Å². The maximum Gasteiger partial charge on any atom is 0.416 e. The summed E-state index contributed by atoms with van der Waals surface area (Å²) < 4.78 is 65.2. The van der Waals surface area contributed by atoms with E-state index in [1.165, 1.54) is 6.92 Å². The minimum absolute atomic E-state index is 0.0998. The molecule has 0 radical (unpaired) electrons. The molecule has 0 saturated heterocycles. The molecule has 1 rings (SSSR count). The third kappa shape index (κ3) is 4.05. The van der Waals surface area contributed by atoms with Gasteiger partial charge in [0, 0.05) is 5.92 Å². The van der Waals surface area contributed by atoms with E-state index in [-0.39, 0.29) is 5.56 Å². The van der Waals surface area contributed by atoms with E-state index < -0.39 is 35.5 Å². The summed E-state index contributed by atoms with van der Waals surface area (Å²) in [6.45, 7) is 2.42. The van der Waals surface area contributed by atoms with Gasteiger partial charge in [0.1, 0.15) is 0 Å². The van der Waals surface area contributed by atoms with Gasteiger partial charge in [-0.05, 0) is 30.7 Å². The van der Waals surface area contributed by atoms with Crippen molar-refractivity contribution in [2.45, 2.75) is 31.9 Å². The van der Waals surface area contributed by atoms with E-state index in [1.807, 2.05) is 0 Å². The van der Waals surface area contributed by atoms with Crippen LogP contribution in [-0.4, -0.2) is 17.0 Å². The molecule has 0 aliphatic carbocycles. The molecule has 22 heavy (non-hydrogen) atoms. The Bertz CT molecular complexity index is 546. The summed E-state index contributed by atoms with van der Waals surface area (Å²) in [7, 11) is 0. The van der Waals surface area contributed by atoms with Crippen molar-refractivity contribution in [1.29, 1.82) is 0 Å². The number of carboxylic acid groups (broad SMARTS) is 1. The zero-order valence-corrected chi connectivity index (χ0v) is 11.9. The second-order valence-electron chi connectivity index (χ2n) is 4.90. The van der Waals surface area contributed by atoms with Crippen LogP contribution in [0.3, 0.4) is 0 Å². The van der Waals surface area contributed by atoms with Gasteiger partial charge in [-0.1, -0.05) is 25.1 Å². The molecule has 1 aromatic rings. The topological polar surface area (TPSA) is 37.3 Å². The molecule has 0 aromatic heterocycles. The molecule has 0 spiro atoms. The van der Waals surface area contributed by atoms with E-state index in [2.05, 4.69) is 0 Å². The molecule has 0 saturated carbocycles. The van der Waals surface area contributed by atoms with E-state index in [9.17, 15) is 31.9 Å². The Hall–Kier alpha value is -1.92. The average Bonchev–Trinajstić information content (AvgIpc) is 2.37. The lowest BCUT2D eigenvalue weighted by molar-refractivity contribution is -0.143. The van der Waals surface area contributed by atoms with Gasteiger partial charge in [-0.2, -0.15) is 13.2 Å². The van der Waals surface area contributed by atoms with E-state index >= 15 is 0 Å². The summed E-state index contributed by atoms with van der Waals surface area (Å²) in [4.78, 5) is 11.3. The van der Waals surface area contributed by atoms with Crippen molar-refractivity contribution in [2.24, 2.45) is 5.92 Å². The minimum Gasteiger partial charge on any atom is -0.481 e. The number of halogens is 5. The molecule has 2 unspecified atom stereocenters. The van der Waals surface area contributed by atoms with Gasteiger partial charge in [-0.25, -0.2) is 8.78 Å². The zero-order chi connectivity index (χ0) is 17.1. The fourth-order valence-electron chi connectivity index (χ4n) is 2.12. The number of alkyl halides is 5. The Morgan fingerprint density at radius 3 is 2.00 bits per heavy atom. The lowest BCUT2D eigenvalue weighted by Gasteiger charge is -2.26. The first-order valence-electron chi connectivity index (χ1n) is 6.42. The standard InChI is InChI=1S/C15H15F5O2/c1-3-8-14(16,17)9(2)12(13(21)22)10-4-6-11(7-5-10)15(18,19)20/h3-9,12H,1-2H3,(H,21,22). The first-order valence-corrected chi connectivity index (χ1v) is 6.42. The summed E-state index contributed by atoms with van der Waals surface area (Å²) >= 11 is 0. The van der Waals surface area contributed by atoms with Crippen molar-refractivity contribution >= 4 is 5.97 Å². The molecule has 0 amide bonds. The van der Waals surface area contributed by atoms with E-state index in [1.54, 1.807) is 0 Å². The number of benzene rings is 1. The summed E-state index contributed by atoms with van der Waals surface area (Å²) in [5, 5.41) is 9.18. The van der Waals surface area contributed by atoms with Crippen molar-refractivity contribution in [3.8, 4) is 0 Å². The van der Waals surface area contributed by atoms with Crippen LogP contribution in [0.4, 0.5) is 22.0 Å². The molecule has 0 heterocycles. The predicted octanol–water partition coefficient (Wildman–Crippen LogP) is 4.72. The molecule has 7 heteroatoms. The number of hydrogen-bond acceptors (Lipinski definition) is 1. The molecule has 2 nitrogen and oxygen atoms in total. The first kappa shape index (κ1) is 18.1. The number of allylic oxidation sites excluding steroid dienone is 2. The summed E-state index contributed by atoms with van der Waals surface area (Å²) in [5.41, 5.74) is -1.06. The summed E-state index contributed by atoms with van der Waals surface area (Å²) in [6.07, 6.45) is -2.89. The van der Waals surface area contributed by atoms with Gasteiger partial charge < -0.3 is 5.11 Å². The smallest absolute Gasteiger partial charge is 0.416 e. The van der Waals surface area contributed by atoms with Gasteiger partial charge in [-0.15, -0.1) is 0 Å². The van der Waals surface area contributed by atoms with Gasteiger partial charge >= 0.3 is 12.1 Å². The van der Waals surface area contributed by atoms with Gasteiger partial charge in [0.25, 0.3) is 5.92 Å². The SMILES string of the molecule is CC=CC(F)(F)C(C)C(C(=O)O)c1ccc(C(F)(F)F)cc1. The number of rotatable bonds is 5. The Morgan fingerprint density at radius 1 is 1.14 bits per heavy atom. The number of carbonyl (C=O) groups is 1. The summed E-state index contributed by atoms with van der Waals surface area (Å²) in [6, 6.07) is 3.21. The highest BCUT2D eigenvalue weighted by Crippen LogP contribution is 2.38. The van der Waals surface area contributed by atoms with Crippen molar-refractivity contribution in [3.05, 3.63) is 47.5 Å². The molecule has 0 fully saturated rings. The molecular weight excluding hydrogens is 307 g/mol. The first-order chi connectivity index (χ1) is 10.0. The molecular formula is C15H15F5O2. The highest BCUT2D eigenvalue weighted by Gasteiger charge is 2.43. The van der Waals surface area contributed by atoms with Crippen LogP contribution in [-0.2, 0) is 11.0 Å². The monoisotopic (exact) mass is 322 g/mol. The largest absolute Gasteiger partial charge is 0.481 e. The Balaban J connectivity index is 3.19. The van der Waals surface area contributed by atoms with Crippen LogP contribution in [0.5, 0.6) is 0 Å². The third-order valence-corrected chi connectivity index (χ3v) is 3.36. The van der Waals surface area contributed by atoms with Crippen LogP contribution in [0.25, 0.3) is 0 Å². The Labute approximate surface area is 124 Å². The lowest BCUT2D eigenvalue weighted by Crippen LogP contribution is -2.33. The van der Waals surface area contributed by atoms with E-state index in [4.69, 9.17) is 0 Å². The third-order valence-electron chi connectivity index (χ3n) is 3.36. The highest BCUT2D eigenvalue weighted by molar-refractivity contribution is 5.76. The van der Waals surface area contributed by atoms with Crippen LogP contribution in [0.15, 0.2) is 36.4 Å². The van der Waals surface area contributed by atoms with Crippen LogP contribution < -0.4 is 0 Å². The quantitative estimate of drug-likeness (QED) is 0.629. The van der Waals surface area contributed by atoms with Crippen LogP contribution >= 0.6 is 0 Å². The zero-order valence-electron chi connectivity index (χ0n) is 11.9. The average molecular weight is 322 g/mol. The molecule has 2 atom stereocenters. The minimum atomic E-state index is -4.57. The van der Waals surface area contributed by atoms with Gasteiger partial charge in [0.05, 0.1) is 11.5 Å². The maximum atomic E-state index is 13.9. The maximum absolute atomic E-state index is 13.9. The van der Waals surface area contributed by atoms with Crippen molar-refractivity contribution < 1.29 is 31.9 Å². The van der Waals surface area contributed by atoms with Crippen LogP contribution in [0.2, 0.25) is 0 Å². The van der Waals surface area contributed by atoms with Crippen molar-refractivity contribution in [2.75, 3.05) is 0 Å². The predicted molar refractivity (Wildman–Crippen MR) is 70.7 cm³/mol. The molecule has 1 N–H and O–H groups in total. The van der Waals surface area contributed by atoms with Crippen LogP contribution in [0.1, 0.15) is 30.9 Å². The van der Waals surface area contributed by atoms with Gasteiger partial charge in [-0.3, -0.25) is 4.79 Å². The Kier molecular flexibility index (Phi) is 5.32. The molecule has 122 valence electrons. The molecule has 1 aromatic carbocycles. The second kappa shape index (κ2) is 6.46. The number of aliphatic carboxylic acids is 1. The second-order valence-corrected chi connectivity index (χ2v) is 4.90. The van der Waals surface area contributed by atoms with E-state index in [0.29, 0.717) is 18.2 Å². The molecule has 0 aliphatic rings. The number of carboxylic acids is 1. The van der Waals surface area contributed by atoms with E-state index in [0.717, 1.165) is 25.1 Å². The van der Waals surface area contributed by atoms with Gasteiger partial charge in [0.2, 0.25) is 0 Å². The number of hydrogen-bond donors (Lipinski definition) is 1. The molecule has 0 bridgehead atoms. The lowest BCUT2D eigenvalue weighted by atomic mass is 9.82. The Morgan fingerprint density at radius 2 is 1.64 bits per heavy atom. The summed E-state index contributed by atoms with van der Waals surface area (Å²) in [5.74, 6) is -8.14. The molecule has 0 aliphatic heterocycles. The fraction of sp³-hybridized carbons (Fsp3) is 0.400. The fourth-order valence-corrected chi connectivity index (χ4v) is 2.12.